The first-order valence-electron chi connectivity index (χ1n) is 3.96. The normalized spacial score (nSPS) is 10.1. The van der Waals surface area contributed by atoms with Gasteiger partial charge in [0.25, 0.3) is 0 Å². The molecule has 2 nitrogen and oxygen atoms in total. The second-order valence-corrected chi connectivity index (χ2v) is 3.92. The highest BCUT2D eigenvalue weighted by molar-refractivity contribution is 7.08. The predicted molar refractivity (Wildman–Crippen MR) is 57.0 cm³/mol. The summed E-state index contributed by atoms with van der Waals surface area (Å²) in [7, 11) is 0. The monoisotopic (exact) mass is 223 g/mol. The Balaban J connectivity index is 2.33. The first-order chi connectivity index (χ1) is 6.77. The van der Waals surface area contributed by atoms with E-state index in [2.05, 4.69) is 4.98 Å². The van der Waals surface area contributed by atoms with E-state index in [-0.39, 0.29) is 5.78 Å². The van der Waals surface area contributed by atoms with Crippen LogP contribution < -0.4 is 0 Å². The number of aromatic nitrogens is 1. The van der Waals surface area contributed by atoms with Gasteiger partial charge in [0.2, 0.25) is 5.78 Å². The summed E-state index contributed by atoms with van der Waals surface area (Å²) >= 11 is 7.16. The molecular weight excluding hydrogens is 218 g/mol. The molecule has 4 heteroatoms. The molecule has 0 aliphatic carbocycles. The van der Waals surface area contributed by atoms with Crippen LogP contribution in [0.2, 0.25) is 5.02 Å². The van der Waals surface area contributed by atoms with Crippen LogP contribution in [0.1, 0.15) is 16.1 Å². The Morgan fingerprint density at radius 1 is 1.36 bits per heavy atom. The Morgan fingerprint density at radius 3 is 2.79 bits per heavy atom. The zero-order valence-electron chi connectivity index (χ0n) is 7.11. The van der Waals surface area contributed by atoms with Gasteiger partial charge in [0, 0.05) is 17.1 Å². The minimum Gasteiger partial charge on any atom is -0.287 e. The number of thiophene rings is 1. The molecule has 2 rings (SSSR count). The van der Waals surface area contributed by atoms with Crippen molar-refractivity contribution in [3.8, 4) is 0 Å². The minimum atomic E-state index is -0.0667. The molecule has 0 aliphatic heterocycles. The number of carbonyl (C=O) groups excluding carboxylic acids is 1. The highest BCUT2D eigenvalue weighted by atomic mass is 35.5. The third-order valence-corrected chi connectivity index (χ3v) is 2.65. The Bertz CT molecular complexity index is 436. The van der Waals surface area contributed by atoms with Gasteiger partial charge in [-0.2, -0.15) is 11.3 Å². The Labute approximate surface area is 90.2 Å². The molecule has 2 aromatic heterocycles. The summed E-state index contributed by atoms with van der Waals surface area (Å²) in [6.07, 6.45) is 1.47. The summed E-state index contributed by atoms with van der Waals surface area (Å²) in [5.74, 6) is -0.0667. The summed E-state index contributed by atoms with van der Waals surface area (Å²) in [6, 6.07) is 5.07. The maximum Gasteiger partial charge on any atom is 0.212 e. The van der Waals surface area contributed by atoms with E-state index in [1.165, 1.54) is 17.5 Å². The van der Waals surface area contributed by atoms with Crippen molar-refractivity contribution in [2.24, 2.45) is 0 Å². The fourth-order valence-corrected chi connectivity index (χ4v) is 1.80. The zero-order chi connectivity index (χ0) is 9.97. The number of carbonyl (C=O) groups is 1. The number of halogens is 1. The molecule has 0 saturated carbocycles. The molecule has 0 spiro atoms. The van der Waals surface area contributed by atoms with Crippen LogP contribution in [0.25, 0.3) is 0 Å². The molecule has 0 atom stereocenters. The van der Waals surface area contributed by atoms with E-state index in [0.29, 0.717) is 16.3 Å². The fraction of sp³-hybridized carbons (Fsp3) is 0. The molecule has 0 aromatic carbocycles. The summed E-state index contributed by atoms with van der Waals surface area (Å²) < 4.78 is 0. The van der Waals surface area contributed by atoms with E-state index in [0.717, 1.165) is 0 Å². The first-order valence-corrected chi connectivity index (χ1v) is 5.28. The number of rotatable bonds is 2. The van der Waals surface area contributed by atoms with Crippen molar-refractivity contribution in [1.82, 2.24) is 4.98 Å². The average Bonchev–Trinajstić information content (AvgIpc) is 2.71. The quantitative estimate of drug-likeness (QED) is 0.733. The molecule has 0 aliphatic rings. The van der Waals surface area contributed by atoms with Gasteiger partial charge in [0.05, 0.1) is 5.02 Å². The SMILES string of the molecule is O=C(c1ccsc1)c1ccc(Cl)cn1. The van der Waals surface area contributed by atoms with E-state index in [1.54, 1.807) is 23.6 Å². The molecule has 0 amide bonds. The summed E-state index contributed by atoms with van der Waals surface area (Å²) in [5.41, 5.74) is 1.10. The van der Waals surface area contributed by atoms with Crippen molar-refractivity contribution < 1.29 is 4.79 Å². The molecule has 2 aromatic rings. The van der Waals surface area contributed by atoms with Gasteiger partial charge in [-0.1, -0.05) is 11.6 Å². The molecule has 0 bridgehead atoms. The zero-order valence-corrected chi connectivity index (χ0v) is 8.68. The van der Waals surface area contributed by atoms with Gasteiger partial charge in [-0.3, -0.25) is 9.78 Å². The molecule has 14 heavy (non-hydrogen) atoms. The van der Waals surface area contributed by atoms with E-state index in [9.17, 15) is 4.79 Å². The predicted octanol–water partition coefficient (Wildman–Crippen LogP) is 3.03. The second kappa shape index (κ2) is 3.90. The van der Waals surface area contributed by atoms with Crippen molar-refractivity contribution in [1.29, 1.82) is 0 Å². The molecule has 2 heterocycles. The number of hydrogen-bond donors (Lipinski definition) is 0. The van der Waals surface area contributed by atoms with Crippen LogP contribution in [-0.2, 0) is 0 Å². The molecule has 0 saturated heterocycles. The fourth-order valence-electron chi connectivity index (χ4n) is 1.05. The first kappa shape index (κ1) is 9.37. The maximum absolute atomic E-state index is 11.7. The van der Waals surface area contributed by atoms with Crippen LogP contribution >= 0.6 is 22.9 Å². The molecule has 0 unspecified atom stereocenters. The summed E-state index contributed by atoms with van der Waals surface area (Å²) in [5, 5.41) is 4.20. The van der Waals surface area contributed by atoms with E-state index in [1.807, 2.05) is 5.38 Å². The smallest absolute Gasteiger partial charge is 0.212 e. The van der Waals surface area contributed by atoms with Crippen LogP contribution in [-0.4, -0.2) is 10.8 Å². The van der Waals surface area contributed by atoms with Gasteiger partial charge < -0.3 is 0 Å². The third kappa shape index (κ3) is 1.84. The third-order valence-electron chi connectivity index (χ3n) is 1.74. The van der Waals surface area contributed by atoms with Gasteiger partial charge in [0.1, 0.15) is 5.69 Å². The number of hydrogen-bond acceptors (Lipinski definition) is 3. The molecule has 70 valence electrons. The lowest BCUT2D eigenvalue weighted by Crippen LogP contribution is -2.01. The molecule has 0 N–H and O–H groups in total. The van der Waals surface area contributed by atoms with E-state index in [4.69, 9.17) is 11.6 Å². The highest BCUT2D eigenvalue weighted by Gasteiger charge is 2.09. The van der Waals surface area contributed by atoms with Crippen molar-refractivity contribution in [3.63, 3.8) is 0 Å². The summed E-state index contributed by atoms with van der Waals surface area (Å²) in [6.45, 7) is 0. The van der Waals surface area contributed by atoms with Crippen molar-refractivity contribution in [3.05, 3.63) is 51.4 Å². The van der Waals surface area contributed by atoms with Crippen LogP contribution in [0, 0.1) is 0 Å². The van der Waals surface area contributed by atoms with Crippen LogP contribution in [0.15, 0.2) is 35.2 Å². The van der Waals surface area contributed by atoms with Gasteiger partial charge in [-0.25, -0.2) is 0 Å². The lowest BCUT2D eigenvalue weighted by Gasteiger charge is -1.96. The van der Waals surface area contributed by atoms with Crippen LogP contribution in [0.3, 0.4) is 0 Å². The number of nitrogens with zero attached hydrogens (tertiary/aromatic N) is 1. The Morgan fingerprint density at radius 2 is 2.21 bits per heavy atom. The Hall–Kier alpha value is -1.19. The highest BCUT2D eigenvalue weighted by Crippen LogP contribution is 2.13. The van der Waals surface area contributed by atoms with E-state index < -0.39 is 0 Å². The van der Waals surface area contributed by atoms with Gasteiger partial charge in [-0.05, 0) is 23.6 Å². The molecule has 0 fully saturated rings. The second-order valence-electron chi connectivity index (χ2n) is 2.70. The molecule has 0 radical (unpaired) electrons. The van der Waals surface area contributed by atoms with Gasteiger partial charge in [-0.15, -0.1) is 0 Å². The maximum atomic E-state index is 11.7. The standard InChI is InChI=1S/C10H6ClNOS/c11-8-1-2-9(12-5-8)10(13)7-3-4-14-6-7/h1-6H. The average molecular weight is 224 g/mol. The largest absolute Gasteiger partial charge is 0.287 e. The van der Waals surface area contributed by atoms with Crippen molar-refractivity contribution in [2.45, 2.75) is 0 Å². The van der Waals surface area contributed by atoms with Gasteiger partial charge in [0.15, 0.2) is 0 Å². The topological polar surface area (TPSA) is 30.0 Å². The molecular formula is C10H6ClNOS. The van der Waals surface area contributed by atoms with Crippen molar-refractivity contribution >= 4 is 28.7 Å². The number of pyridine rings is 1. The minimum absolute atomic E-state index is 0.0667. The summed E-state index contributed by atoms with van der Waals surface area (Å²) in [4.78, 5) is 15.7. The van der Waals surface area contributed by atoms with Crippen LogP contribution in [0.4, 0.5) is 0 Å². The van der Waals surface area contributed by atoms with Crippen LogP contribution in [0.5, 0.6) is 0 Å². The number of ketones is 1. The van der Waals surface area contributed by atoms with E-state index >= 15 is 0 Å². The lowest BCUT2D eigenvalue weighted by atomic mass is 10.1. The van der Waals surface area contributed by atoms with Crippen molar-refractivity contribution in [2.75, 3.05) is 0 Å². The Kier molecular flexibility index (Phi) is 2.61. The lowest BCUT2D eigenvalue weighted by molar-refractivity contribution is 0.103. The van der Waals surface area contributed by atoms with Gasteiger partial charge >= 0.3 is 0 Å².